The van der Waals surface area contributed by atoms with E-state index in [2.05, 4.69) is 0 Å². The number of benzene rings is 1. The van der Waals surface area contributed by atoms with Gasteiger partial charge in [-0.2, -0.15) is 0 Å². The van der Waals surface area contributed by atoms with Gasteiger partial charge in [-0.1, -0.05) is 23.7 Å². The van der Waals surface area contributed by atoms with Crippen LogP contribution < -0.4 is 0 Å². The van der Waals surface area contributed by atoms with E-state index in [0.717, 1.165) is 24.8 Å². The third-order valence-electron chi connectivity index (χ3n) is 4.87. The van der Waals surface area contributed by atoms with E-state index >= 15 is 0 Å². The zero-order valence-electron chi connectivity index (χ0n) is 13.5. The second-order valence-electron chi connectivity index (χ2n) is 6.52. The monoisotopic (exact) mass is 351 g/mol. The van der Waals surface area contributed by atoms with Crippen molar-refractivity contribution in [3.8, 4) is 0 Å². The van der Waals surface area contributed by atoms with Gasteiger partial charge < -0.3 is 14.7 Å². The first kappa shape index (κ1) is 17.2. The molecule has 1 aromatic rings. The number of carboxylic acid groups (broad SMARTS) is 1. The second-order valence-corrected chi connectivity index (χ2v) is 6.96. The molecule has 0 spiro atoms. The summed E-state index contributed by atoms with van der Waals surface area (Å²) in [5, 5.41) is 9.66. The summed E-state index contributed by atoms with van der Waals surface area (Å²) in [7, 11) is 0. The van der Waals surface area contributed by atoms with E-state index in [1.807, 2.05) is 24.3 Å². The zero-order chi connectivity index (χ0) is 17.1. The highest BCUT2D eigenvalue weighted by molar-refractivity contribution is 6.30. The summed E-state index contributed by atoms with van der Waals surface area (Å²) in [6.45, 7) is 1.53. The molecule has 1 aliphatic carbocycles. The zero-order valence-corrected chi connectivity index (χ0v) is 14.2. The van der Waals surface area contributed by atoms with Gasteiger partial charge in [-0.05, 0) is 42.9 Å². The molecule has 0 unspecified atom stereocenters. The summed E-state index contributed by atoms with van der Waals surface area (Å²) >= 11 is 6.04. The van der Waals surface area contributed by atoms with E-state index in [9.17, 15) is 9.59 Å². The quantitative estimate of drug-likeness (QED) is 0.855. The Labute approximate surface area is 146 Å². The van der Waals surface area contributed by atoms with Crippen LogP contribution in [0.1, 0.15) is 37.2 Å². The van der Waals surface area contributed by atoms with Crippen molar-refractivity contribution in [2.45, 2.75) is 37.6 Å². The number of halogens is 1. The fourth-order valence-electron chi connectivity index (χ4n) is 3.47. The Morgan fingerprint density at radius 2 is 2.04 bits per heavy atom. The minimum Gasteiger partial charge on any atom is -0.481 e. The van der Waals surface area contributed by atoms with E-state index in [-0.39, 0.29) is 36.8 Å². The van der Waals surface area contributed by atoms with Gasteiger partial charge in [0, 0.05) is 36.7 Å². The average molecular weight is 352 g/mol. The van der Waals surface area contributed by atoms with E-state index in [4.69, 9.17) is 21.4 Å². The van der Waals surface area contributed by atoms with Crippen molar-refractivity contribution >= 4 is 23.5 Å². The normalized spacial score (nSPS) is 23.7. The van der Waals surface area contributed by atoms with Crippen LogP contribution in [0.5, 0.6) is 0 Å². The van der Waals surface area contributed by atoms with Crippen LogP contribution in [0.15, 0.2) is 24.3 Å². The maximum absolute atomic E-state index is 12.9. The molecule has 2 atom stereocenters. The third kappa shape index (κ3) is 4.08. The van der Waals surface area contributed by atoms with Crippen LogP contribution in [-0.4, -0.2) is 47.7 Å². The molecule has 5 nitrogen and oxygen atoms in total. The Morgan fingerprint density at radius 1 is 1.29 bits per heavy atom. The molecule has 1 saturated heterocycles. The van der Waals surface area contributed by atoms with Crippen molar-refractivity contribution in [2.75, 3.05) is 19.8 Å². The molecule has 3 rings (SSSR count). The van der Waals surface area contributed by atoms with Gasteiger partial charge in [0.2, 0.25) is 5.91 Å². The number of carbonyl (C=O) groups is 2. The molecule has 0 radical (unpaired) electrons. The lowest BCUT2D eigenvalue weighted by atomic mass is 10.0. The molecule has 1 saturated carbocycles. The van der Waals surface area contributed by atoms with Crippen molar-refractivity contribution in [3.63, 3.8) is 0 Å². The van der Waals surface area contributed by atoms with Crippen LogP contribution in [0.4, 0.5) is 0 Å². The van der Waals surface area contributed by atoms with Crippen LogP contribution in [0.2, 0.25) is 5.02 Å². The molecule has 130 valence electrons. The molecule has 1 N–H and O–H groups in total. The molecule has 1 aromatic carbocycles. The lowest BCUT2D eigenvalue weighted by Crippen LogP contribution is -2.45. The predicted molar refractivity (Wildman–Crippen MR) is 90.1 cm³/mol. The predicted octanol–water partition coefficient (Wildman–Crippen LogP) is 2.93. The number of carboxylic acids is 1. The highest BCUT2D eigenvalue weighted by Crippen LogP contribution is 2.49. The molecule has 0 aromatic heterocycles. The van der Waals surface area contributed by atoms with Crippen LogP contribution >= 0.6 is 11.6 Å². The molecular formula is C18H22ClNO4. The average Bonchev–Trinajstić information content (AvgIpc) is 3.36. The number of hydrogen-bond donors (Lipinski definition) is 1. The molecule has 24 heavy (non-hydrogen) atoms. The van der Waals surface area contributed by atoms with Gasteiger partial charge in [-0.3, -0.25) is 9.59 Å². The Hall–Kier alpha value is -1.59. The smallest absolute Gasteiger partial charge is 0.305 e. The van der Waals surface area contributed by atoms with E-state index in [0.29, 0.717) is 18.2 Å². The van der Waals surface area contributed by atoms with Crippen LogP contribution in [-0.2, 0) is 14.3 Å². The van der Waals surface area contributed by atoms with E-state index in [1.165, 1.54) is 0 Å². The van der Waals surface area contributed by atoms with E-state index < -0.39 is 5.97 Å². The highest BCUT2D eigenvalue weighted by atomic mass is 35.5. The molecule has 1 aliphatic heterocycles. The fraction of sp³-hybridized carbons (Fsp3) is 0.556. The number of amides is 1. The number of aliphatic carboxylic acids is 1. The standard InChI is InChI=1S/C18H22ClNO4/c19-13-3-1-2-12(10-13)15-11-16(15)18(23)20(7-4-17(21)22)14-5-8-24-9-6-14/h1-3,10,14-16H,4-9,11H2,(H,21,22)/t15-,16-/m1/s1. The Morgan fingerprint density at radius 3 is 2.71 bits per heavy atom. The summed E-state index contributed by atoms with van der Waals surface area (Å²) in [5.74, 6) is -0.654. The number of nitrogens with zero attached hydrogens (tertiary/aromatic N) is 1. The van der Waals surface area contributed by atoms with Gasteiger partial charge in [-0.25, -0.2) is 0 Å². The largest absolute Gasteiger partial charge is 0.481 e. The van der Waals surface area contributed by atoms with Crippen LogP contribution in [0.3, 0.4) is 0 Å². The van der Waals surface area contributed by atoms with Crippen molar-refractivity contribution in [1.29, 1.82) is 0 Å². The minimum atomic E-state index is -0.873. The Balaban J connectivity index is 1.68. The highest BCUT2D eigenvalue weighted by Gasteiger charge is 2.47. The number of ether oxygens (including phenoxy) is 1. The lowest BCUT2D eigenvalue weighted by Gasteiger charge is -2.34. The lowest BCUT2D eigenvalue weighted by molar-refractivity contribution is -0.141. The Kier molecular flexibility index (Phi) is 5.41. The summed E-state index contributed by atoms with van der Waals surface area (Å²) < 4.78 is 5.37. The maximum Gasteiger partial charge on any atom is 0.305 e. The maximum atomic E-state index is 12.9. The molecule has 6 heteroatoms. The summed E-state index contributed by atoms with van der Waals surface area (Å²) in [6, 6.07) is 7.73. The first-order valence-corrected chi connectivity index (χ1v) is 8.79. The summed E-state index contributed by atoms with van der Waals surface area (Å²) in [6.07, 6.45) is 2.35. The SMILES string of the molecule is O=C(O)CCN(C(=O)[C@@H]1C[C@@H]1c1cccc(Cl)c1)C1CCOCC1. The molecule has 2 fully saturated rings. The summed E-state index contributed by atoms with van der Waals surface area (Å²) in [4.78, 5) is 25.7. The first-order chi connectivity index (χ1) is 11.6. The molecular weight excluding hydrogens is 330 g/mol. The molecule has 0 bridgehead atoms. The van der Waals surface area contributed by atoms with Crippen molar-refractivity contribution in [2.24, 2.45) is 5.92 Å². The van der Waals surface area contributed by atoms with Crippen LogP contribution in [0, 0.1) is 5.92 Å². The van der Waals surface area contributed by atoms with Crippen molar-refractivity contribution < 1.29 is 19.4 Å². The topological polar surface area (TPSA) is 66.8 Å². The van der Waals surface area contributed by atoms with Gasteiger partial charge >= 0.3 is 5.97 Å². The third-order valence-corrected chi connectivity index (χ3v) is 5.10. The minimum absolute atomic E-state index is 0.0162. The molecule has 2 aliphatic rings. The van der Waals surface area contributed by atoms with Gasteiger partial charge in [0.05, 0.1) is 6.42 Å². The Bertz CT molecular complexity index is 615. The molecule has 1 amide bonds. The number of hydrogen-bond acceptors (Lipinski definition) is 3. The van der Waals surface area contributed by atoms with Crippen molar-refractivity contribution in [1.82, 2.24) is 4.90 Å². The second kappa shape index (κ2) is 7.53. The van der Waals surface area contributed by atoms with Gasteiger partial charge in [-0.15, -0.1) is 0 Å². The molecule has 1 heterocycles. The van der Waals surface area contributed by atoms with E-state index in [1.54, 1.807) is 4.90 Å². The van der Waals surface area contributed by atoms with Gasteiger partial charge in [0.25, 0.3) is 0 Å². The number of rotatable bonds is 6. The first-order valence-electron chi connectivity index (χ1n) is 8.41. The number of carbonyl (C=O) groups excluding carboxylic acids is 1. The van der Waals surface area contributed by atoms with Crippen LogP contribution in [0.25, 0.3) is 0 Å². The fourth-order valence-corrected chi connectivity index (χ4v) is 3.67. The van der Waals surface area contributed by atoms with Gasteiger partial charge in [0.1, 0.15) is 0 Å². The summed E-state index contributed by atoms with van der Waals surface area (Å²) in [5.41, 5.74) is 1.09. The van der Waals surface area contributed by atoms with Gasteiger partial charge in [0.15, 0.2) is 0 Å². The van der Waals surface area contributed by atoms with Crippen molar-refractivity contribution in [3.05, 3.63) is 34.9 Å².